The van der Waals surface area contributed by atoms with Gasteiger partial charge in [0.2, 0.25) is 0 Å². The van der Waals surface area contributed by atoms with Gasteiger partial charge in [0.1, 0.15) is 5.56 Å². The van der Waals surface area contributed by atoms with E-state index >= 15 is 0 Å². The van der Waals surface area contributed by atoms with Crippen LogP contribution in [0.5, 0.6) is 0 Å². The first-order chi connectivity index (χ1) is 10.7. The molecule has 4 heteroatoms. The van der Waals surface area contributed by atoms with Crippen LogP contribution < -0.4 is 4.90 Å². The second-order valence-electron chi connectivity index (χ2n) is 5.94. The van der Waals surface area contributed by atoms with E-state index < -0.39 is 0 Å². The van der Waals surface area contributed by atoms with Crippen molar-refractivity contribution < 1.29 is 9.53 Å². The summed E-state index contributed by atoms with van der Waals surface area (Å²) >= 11 is 0. The molecule has 1 fully saturated rings. The Morgan fingerprint density at radius 3 is 2.82 bits per heavy atom. The summed E-state index contributed by atoms with van der Waals surface area (Å²) in [7, 11) is 2.06. The molecule has 0 bridgehead atoms. The lowest BCUT2D eigenvalue weighted by Gasteiger charge is -2.32. The van der Waals surface area contributed by atoms with E-state index in [0.717, 1.165) is 29.1 Å². The molecule has 0 aliphatic heterocycles. The fraction of sp³-hybridized carbons (Fsp3) is 0.444. The Morgan fingerprint density at radius 1 is 1.36 bits per heavy atom. The Balaban J connectivity index is 2.04. The van der Waals surface area contributed by atoms with Crippen molar-refractivity contribution in [1.29, 1.82) is 0 Å². The number of carbonyl (C=O) groups excluding carboxylic acids is 1. The highest BCUT2D eigenvalue weighted by atomic mass is 16.5. The minimum Gasteiger partial charge on any atom is -0.462 e. The highest BCUT2D eigenvalue weighted by Crippen LogP contribution is 2.33. The van der Waals surface area contributed by atoms with Crippen LogP contribution in [-0.2, 0) is 4.74 Å². The van der Waals surface area contributed by atoms with Gasteiger partial charge in [-0.1, -0.05) is 24.6 Å². The number of hydrogen-bond acceptors (Lipinski definition) is 4. The predicted octanol–water partition coefficient (Wildman–Crippen LogP) is 3.65. The van der Waals surface area contributed by atoms with Crippen LogP contribution in [0, 0.1) is 5.92 Å². The highest BCUT2D eigenvalue weighted by molar-refractivity contribution is 6.05. The summed E-state index contributed by atoms with van der Waals surface area (Å²) in [5.41, 5.74) is 2.41. The number of nitrogens with zero attached hydrogens (tertiary/aromatic N) is 2. The lowest BCUT2D eigenvalue weighted by molar-refractivity contribution is 0.0526. The van der Waals surface area contributed by atoms with E-state index in [1.165, 1.54) is 19.3 Å². The number of hydrogen-bond donors (Lipinski definition) is 0. The number of esters is 1. The normalized spacial score (nSPS) is 14.6. The van der Waals surface area contributed by atoms with Crippen molar-refractivity contribution in [2.24, 2.45) is 5.92 Å². The summed E-state index contributed by atoms with van der Waals surface area (Å²) in [6, 6.07) is 7.96. The lowest BCUT2D eigenvalue weighted by Crippen LogP contribution is -2.30. The Hall–Kier alpha value is -2.10. The maximum atomic E-state index is 12.3. The predicted molar refractivity (Wildman–Crippen MR) is 88.3 cm³/mol. The van der Waals surface area contributed by atoms with Gasteiger partial charge in [0.15, 0.2) is 0 Å². The minimum atomic E-state index is -0.295. The number of pyridine rings is 1. The molecule has 0 unspecified atom stereocenters. The standard InChI is InChI=1S/C18H22N2O2/c1-3-22-18(21)15-11-19-16-10-5-4-9-14(16)17(15)20(2)12-13-7-6-8-13/h4-5,9-11,13H,3,6-8,12H2,1-2H3. The van der Waals surface area contributed by atoms with Crippen molar-refractivity contribution in [2.75, 3.05) is 25.1 Å². The topological polar surface area (TPSA) is 42.4 Å². The molecule has 22 heavy (non-hydrogen) atoms. The zero-order valence-corrected chi connectivity index (χ0v) is 13.2. The largest absolute Gasteiger partial charge is 0.462 e. The van der Waals surface area contributed by atoms with Gasteiger partial charge in [-0.25, -0.2) is 4.79 Å². The molecule has 2 aromatic rings. The van der Waals surface area contributed by atoms with Crippen LogP contribution in [0.4, 0.5) is 5.69 Å². The Labute approximate surface area is 131 Å². The molecule has 4 nitrogen and oxygen atoms in total. The number of benzene rings is 1. The molecule has 1 aliphatic rings. The zero-order valence-electron chi connectivity index (χ0n) is 13.2. The Bertz CT molecular complexity index is 680. The third-order valence-electron chi connectivity index (χ3n) is 4.38. The van der Waals surface area contributed by atoms with Gasteiger partial charge in [0.05, 0.1) is 17.8 Å². The molecule has 1 heterocycles. The fourth-order valence-electron chi connectivity index (χ4n) is 3.05. The van der Waals surface area contributed by atoms with Gasteiger partial charge < -0.3 is 9.64 Å². The monoisotopic (exact) mass is 298 g/mol. The SMILES string of the molecule is CCOC(=O)c1cnc2ccccc2c1N(C)CC1CCC1. The summed E-state index contributed by atoms with van der Waals surface area (Å²) < 4.78 is 5.21. The average molecular weight is 298 g/mol. The maximum absolute atomic E-state index is 12.3. The molecule has 0 amide bonds. The molecule has 0 radical (unpaired) electrons. The Morgan fingerprint density at radius 2 is 2.14 bits per heavy atom. The quantitative estimate of drug-likeness (QED) is 0.790. The van der Waals surface area contributed by atoms with Crippen LogP contribution >= 0.6 is 0 Å². The second kappa shape index (κ2) is 6.34. The summed E-state index contributed by atoms with van der Waals surface area (Å²) in [4.78, 5) is 18.9. The number of rotatable bonds is 5. The molecule has 1 aromatic carbocycles. The van der Waals surface area contributed by atoms with Crippen LogP contribution in [0.25, 0.3) is 10.9 Å². The van der Waals surface area contributed by atoms with Crippen molar-refractivity contribution in [3.63, 3.8) is 0 Å². The third-order valence-corrected chi connectivity index (χ3v) is 4.38. The van der Waals surface area contributed by atoms with Gasteiger partial charge in [0, 0.05) is 25.2 Å². The van der Waals surface area contributed by atoms with Crippen molar-refractivity contribution in [1.82, 2.24) is 4.98 Å². The summed E-state index contributed by atoms with van der Waals surface area (Å²) in [5.74, 6) is 0.434. The molecule has 0 saturated heterocycles. The smallest absolute Gasteiger partial charge is 0.341 e. The van der Waals surface area contributed by atoms with Gasteiger partial charge >= 0.3 is 5.97 Å². The van der Waals surface area contributed by atoms with Crippen LogP contribution in [0.2, 0.25) is 0 Å². The first-order valence-electron chi connectivity index (χ1n) is 7.96. The number of anilines is 1. The molecule has 1 aromatic heterocycles. The molecular formula is C18H22N2O2. The van der Waals surface area contributed by atoms with Gasteiger partial charge in [-0.15, -0.1) is 0 Å². The number of ether oxygens (including phenoxy) is 1. The minimum absolute atomic E-state index is 0.295. The molecule has 1 aliphatic carbocycles. The van der Waals surface area contributed by atoms with Crippen molar-refractivity contribution >= 4 is 22.6 Å². The van der Waals surface area contributed by atoms with Gasteiger partial charge in [0.25, 0.3) is 0 Å². The van der Waals surface area contributed by atoms with Crippen molar-refractivity contribution in [2.45, 2.75) is 26.2 Å². The first-order valence-corrected chi connectivity index (χ1v) is 7.96. The molecule has 1 saturated carbocycles. The Kier molecular flexibility index (Phi) is 4.27. The summed E-state index contributed by atoms with van der Waals surface area (Å²) in [5, 5.41) is 1.01. The first kappa shape index (κ1) is 14.8. The lowest BCUT2D eigenvalue weighted by atomic mass is 9.85. The van der Waals surface area contributed by atoms with E-state index in [2.05, 4.69) is 16.9 Å². The molecule has 3 rings (SSSR count). The van der Waals surface area contributed by atoms with Gasteiger partial charge in [-0.2, -0.15) is 0 Å². The molecular weight excluding hydrogens is 276 g/mol. The van der Waals surface area contributed by atoms with E-state index in [-0.39, 0.29) is 5.97 Å². The number of carbonyl (C=O) groups is 1. The maximum Gasteiger partial charge on any atom is 0.341 e. The molecule has 0 spiro atoms. The highest BCUT2D eigenvalue weighted by Gasteiger charge is 2.24. The van der Waals surface area contributed by atoms with Gasteiger partial charge in [-0.05, 0) is 31.7 Å². The number of fused-ring (bicyclic) bond motifs is 1. The molecule has 0 atom stereocenters. The number of aromatic nitrogens is 1. The third kappa shape index (κ3) is 2.78. The zero-order chi connectivity index (χ0) is 15.5. The van der Waals surface area contributed by atoms with Crippen LogP contribution in [0.3, 0.4) is 0 Å². The molecule has 0 N–H and O–H groups in total. The average Bonchev–Trinajstić information content (AvgIpc) is 2.49. The second-order valence-corrected chi connectivity index (χ2v) is 5.94. The van der Waals surface area contributed by atoms with Crippen LogP contribution in [0.1, 0.15) is 36.5 Å². The van der Waals surface area contributed by atoms with Gasteiger partial charge in [-0.3, -0.25) is 4.98 Å². The summed E-state index contributed by atoms with van der Waals surface area (Å²) in [6.45, 7) is 3.17. The number of para-hydroxylation sites is 1. The van der Waals surface area contributed by atoms with Crippen LogP contribution in [-0.4, -0.2) is 31.2 Å². The van der Waals surface area contributed by atoms with E-state index in [1.54, 1.807) is 6.20 Å². The van der Waals surface area contributed by atoms with E-state index in [1.807, 2.05) is 31.2 Å². The van der Waals surface area contributed by atoms with Crippen LogP contribution in [0.15, 0.2) is 30.5 Å². The molecule has 116 valence electrons. The summed E-state index contributed by atoms with van der Waals surface area (Å²) in [6.07, 6.45) is 5.53. The van der Waals surface area contributed by atoms with E-state index in [9.17, 15) is 4.79 Å². The van der Waals surface area contributed by atoms with Crippen molar-refractivity contribution in [3.8, 4) is 0 Å². The van der Waals surface area contributed by atoms with E-state index in [0.29, 0.717) is 12.2 Å². The van der Waals surface area contributed by atoms with Crippen molar-refractivity contribution in [3.05, 3.63) is 36.0 Å². The van der Waals surface area contributed by atoms with E-state index in [4.69, 9.17) is 4.74 Å². The fourth-order valence-corrected chi connectivity index (χ4v) is 3.05.